The second kappa shape index (κ2) is 10.3. The number of ether oxygens (including phenoxy) is 1. The van der Waals surface area contributed by atoms with Gasteiger partial charge in [-0.2, -0.15) is 4.37 Å². The predicted molar refractivity (Wildman–Crippen MR) is 153 cm³/mol. The maximum Gasteiger partial charge on any atom is 0.472 e. The van der Waals surface area contributed by atoms with Gasteiger partial charge in [0.25, 0.3) is 5.56 Å². The van der Waals surface area contributed by atoms with Gasteiger partial charge in [-0.15, -0.1) is 0 Å². The molecule has 0 amide bonds. The molecule has 3 unspecified atom stereocenters. The highest BCUT2D eigenvalue weighted by Gasteiger charge is 2.74. The molecule has 0 radical (unpaired) electrons. The van der Waals surface area contributed by atoms with Gasteiger partial charge in [-0.05, 0) is 23.9 Å². The number of imidazole rings is 1. The number of anilines is 2. The van der Waals surface area contributed by atoms with Gasteiger partial charge in [0.1, 0.15) is 54.0 Å². The number of nitrogens with one attached hydrogen (secondary N) is 1. The number of aromatic nitrogens is 7. The molecular weight excluding hydrogens is 676 g/mol. The number of nitrogens with two attached hydrogens (primary N) is 2. The van der Waals surface area contributed by atoms with Crippen LogP contribution in [0.5, 0.6) is 0 Å². The smallest absolute Gasteiger partial charge is 0.388 e. The average molecular weight is 702 g/mol. The van der Waals surface area contributed by atoms with E-state index in [4.69, 9.17) is 34.3 Å². The lowest BCUT2D eigenvalue weighted by molar-refractivity contribution is -0.0514. The van der Waals surface area contributed by atoms with E-state index in [-0.39, 0.29) is 45.3 Å². The first-order valence-corrected chi connectivity index (χ1v) is 17.5. The minimum Gasteiger partial charge on any atom is -0.388 e. The van der Waals surface area contributed by atoms with Crippen molar-refractivity contribution in [1.82, 2.24) is 33.9 Å². The zero-order chi connectivity index (χ0) is 32.3. The lowest BCUT2D eigenvalue weighted by Crippen LogP contribution is -2.38. The molecule has 11 atom stereocenters. The van der Waals surface area contributed by atoms with Gasteiger partial charge in [-0.1, -0.05) is 0 Å². The van der Waals surface area contributed by atoms with Crippen LogP contribution in [0, 0.1) is 11.3 Å². The Morgan fingerprint density at radius 3 is 2.63 bits per heavy atom. The normalized spacial score (nSPS) is 41.0. The fourth-order valence-electron chi connectivity index (χ4n) is 6.75. The zero-order valence-corrected chi connectivity index (χ0v) is 25.7. The number of rotatable bonds is 2. The van der Waals surface area contributed by atoms with Crippen molar-refractivity contribution in [3.8, 4) is 0 Å². The van der Waals surface area contributed by atoms with Gasteiger partial charge in [0.05, 0.1) is 30.5 Å². The third-order valence-electron chi connectivity index (χ3n) is 8.90. The highest BCUT2D eigenvalue weighted by Crippen LogP contribution is 2.72. The van der Waals surface area contributed by atoms with Gasteiger partial charge in [-0.25, -0.2) is 29.1 Å². The number of fused-ring (bicyclic) bond motifs is 4. The summed E-state index contributed by atoms with van der Waals surface area (Å²) in [6, 6.07) is -0.826. The Hall–Kier alpha value is -2.98. The number of aliphatic hydroxyl groups excluding tert-OH is 2. The first-order valence-electron chi connectivity index (χ1n) is 13.7. The minimum absolute atomic E-state index is 0.00261. The van der Waals surface area contributed by atoms with Crippen LogP contribution >= 0.6 is 27.2 Å². The summed E-state index contributed by atoms with van der Waals surface area (Å²) in [6.07, 6.45) is -6.16. The van der Waals surface area contributed by atoms with Crippen molar-refractivity contribution in [1.29, 1.82) is 0 Å². The third kappa shape index (κ3) is 4.64. The van der Waals surface area contributed by atoms with Crippen LogP contribution in [0.1, 0.15) is 23.4 Å². The second-order valence-electron chi connectivity index (χ2n) is 11.5. The van der Waals surface area contributed by atoms with E-state index in [1.54, 1.807) is 0 Å². The Labute approximate surface area is 259 Å². The average Bonchev–Trinajstić information content (AvgIpc) is 3.26. The largest absolute Gasteiger partial charge is 0.472 e. The number of phosphoric ester groups is 2. The summed E-state index contributed by atoms with van der Waals surface area (Å²) in [7, 11) is -10.0. The van der Waals surface area contributed by atoms with Gasteiger partial charge in [0, 0.05) is 5.41 Å². The molecule has 2 bridgehead atoms. The number of phosphoric acid groups is 2. The van der Waals surface area contributed by atoms with Crippen LogP contribution < -0.4 is 17.0 Å². The number of hydrogen-bond donors (Lipinski definition) is 7. The van der Waals surface area contributed by atoms with Crippen molar-refractivity contribution in [2.24, 2.45) is 11.3 Å². The number of nitrogens with zero attached hydrogens (tertiary/aromatic N) is 6. The molecule has 0 aromatic carbocycles. The van der Waals surface area contributed by atoms with Crippen LogP contribution in [-0.4, -0.2) is 97.6 Å². The number of nitrogen functional groups attached to an aromatic ring is 2. The van der Waals surface area contributed by atoms with E-state index in [0.717, 1.165) is 11.5 Å². The van der Waals surface area contributed by atoms with Gasteiger partial charge >= 0.3 is 15.6 Å². The molecule has 46 heavy (non-hydrogen) atoms. The SMILES string of the molecule is Nc1nc2c([C@@H]3O[C@@H]4COP(=O)(O)O[C@H]5[C@@H](O)[C@H](n6cnc7c(N)ncnc76)[C@H]6CC65COP(=O)(O)O[C@@H]3[C@@H]4O)snc2c(=O)[nH]1. The van der Waals surface area contributed by atoms with Crippen LogP contribution in [0.4, 0.5) is 11.8 Å². The molecule has 4 fully saturated rings. The van der Waals surface area contributed by atoms with Crippen molar-refractivity contribution in [2.45, 2.75) is 49.1 Å². The second-order valence-corrected chi connectivity index (χ2v) is 15.1. The van der Waals surface area contributed by atoms with Crippen LogP contribution in [-0.2, 0) is 32.0 Å². The van der Waals surface area contributed by atoms with Crippen LogP contribution in [0.3, 0.4) is 0 Å². The van der Waals surface area contributed by atoms with E-state index >= 15 is 0 Å². The summed E-state index contributed by atoms with van der Waals surface area (Å²) >= 11 is 0.751. The van der Waals surface area contributed by atoms with Crippen molar-refractivity contribution >= 4 is 61.1 Å². The molecule has 1 spiro atoms. The lowest BCUT2D eigenvalue weighted by atomic mass is 10.0. The summed E-state index contributed by atoms with van der Waals surface area (Å²) in [5.74, 6) is -0.649. The Balaban J connectivity index is 1.14. The molecule has 4 aliphatic rings. The van der Waals surface area contributed by atoms with E-state index in [0.29, 0.717) is 0 Å². The molecular formula is C22H25N9O12P2S. The molecule has 2 saturated heterocycles. The van der Waals surface area contributed by atoms with E-state index < -0.39 is 88.4 Å². The highest BCUT2D eigenvalue weighted by atomic mass is 32.1. The van der Waals surface area contributed by atoms with Crippen LogP contribution in [0.25, 0.3) is 22.2 Å². The number of aliphatic hydroxyl groups is 2. The summed E-state index contributed by atoms with van der Waals surface area (Å²) in [6.45, 7) is -1.32. The van der Waals surface area contributed by atoms with Gasteiger partial charge < -0.3 is 40.8 Å². The maximum atomic E-state index is 13.4. The zero-order valence-electron chi connectivity index (χ0n) is 23.1. The molecule has 9 N–H and O–H groups in total. The first-order chi connectivity index (χ1) is 21.8. The standard InChI is InChI=1S/C22H25N9O12P2S/c23-18-10-19(26-4-25-18)31(5-27-10)11-6-1-22(6)3-40-45(37,38)42-14-12(32)7(2-39-44(35,36)43-17(22)13(11)33)41-15(14)16-8-9(30-46-16)20(34)29-21(24)28-8/h4-7,11-15,17,32-33H,1-3H2,(H,35,36)(H,37,38)(H2,23,25,26)(H3,24,28,29,34)/t6-,7-,11-,12-,13+,14-,15-,17+,22?/m1/s1. The first kappa shape index (κ1) is 30.4. The number of H-pyrrole nitrogens is 1. The van der Waals surface area contributed by atoms with Crippen LogP contribution in [0.15, 0.2) is 17.4 Å². The quantitative estimate of drug-likeness (QED) is 0.125. The maximum absolute atomic E-state index is 13.4. The fraction of sp³-hybridized carbons (Fsp3) is 0.545. The van der Waals surface area contributed by atoms with E-state index in [9.17, 15) is 33.9 Å². The molecule has 6 heterocycles. The third-order valence-corrected chi connectivity index (χ3v) is 11.7. The van der Waals surface area contributed by atoms with Gasteiger partial charge in [0.15, 0.2) is 17.0 Å². The van der Waals surface area contributed by atoms with Crippen molar-refractivity contribution < 1.29 is 52.0 Å². The molecule has 246 valence electrons. The Kier molecular flexibility index (Phi) is 6.77. The van der Waals surface area contributed by atoms with E-state index in [1.165, 1.54) is 17.2 Å². The van der Waals surface area contributed by atoms with Crippen molar-refractivity contribution in [2.75, 3.05) is 24.7 Å². The topological polar surface area (TPSA) is 315 Å². The molecule has 2 aliphatic heterocycles. The fourth-order valence-corrected chi connectivity index (χ4v) is 9.66. The van der Waals surface area contributed by atoms with Gasteiger partial charge in [0.2, 0.25) is 5.95 Å². The molecule has 4 aromatic heterocycles. The highest BCUT2D eigenvalue weighted by molar-refractivity contribution is 7.47. The molecule has 2 saturated carbocycles. The van der Waals surface area contributed by atoms with Crippen molar-refractivity contribution in [3.05, 3.63) is 27.9 Å². The molecule has 24 heteroatoms. The van der Waals surface area contributed by atoms with Crippen molar-refractivity contribution in [3.63, 3.8) is 0 Å². The summed E-state index contributed by atoms with van der Waals surface area (Å²) < 4.78 is 59.8. The number of aromatic amines is 1. The van der Waals surface area contributed by atoms with Gasteiger partial charge in [-0.3, -0.25) is 27.9 Å². The monoisotopic (exact) mass is 701 g/mol. The minimum atomic E-state index is -5.03. The van der Waals surface area contributed by atoms with Crippen LogP contribution in [0.2, 0.25) is 0 Å². The lowest BCUT2D eigenvalue weighted by Gasteiger charge is -2.30. The Morgan fingerprint density at radius 2 is 1.83 bits per heavy atom. The van der Waals surface area contributed by atoms with E-state index in [1.807, 2.05) is 0 Å². The van der Waals surface area contributed by atoms with E-state index in [2.05, 4.69) is 29.3 Å². The Morgan fingerprint density at radius 1 is 1.04 bits per heavy atom. The molecule has 21 nitrogen and oxygen atoms in total. The summed E-state index contributed by atoms with van der Waals surface area (Å²) in [5, 5.41) is 22.6. The molecule has 8 rings (SSSR count). The molecule has 4 aromatic rings. The Bertz CT molecular complexity index is 2040. The molecule has 2 aliphatic carbocycles. The summed E-state index contributed by atoms with van der Waals surface area (Å²) in [5.41, 5.74) is 10.2. The predicted octanol–water partition coefficient (Wildman–Crippen LogP) is -0.875. The summed E-state index contributed by atoms with van der Waals surface area (Å²) in [4.78, 5) is 52.9. The number of hydrogen-bond acceptors (Lipinski definition) is 18.